The van der Waals surface area contributed by atoms with Crippen molar-refractivity contribution in [2.75, 3.05) is 0 Å². The van der Waals surface area contributed by atoms with Gasteiger partial charge in [0.15, 0.2) is 0 Å². The van der Waals surface area contributed by atoms with Gasteiger partial charge in [0.25, 0.3) is 0 Å². The molecule has 0 saturated heterocycles. The molecule has 0 radical (unpaired) electrons. The van der Waals surface area contributed by atoms with Crippen LogP contribution in [0.4, 0.5) is 8.78 Å². The van der Waals surface area contributed by atoms with E-state index in [4.69, 9.17) is 0 Å². The first kappa shape index (κ1) is 14.6. The van der Waals surface area contributed by atoms with Crippen molar-refractivity contribution in [3.05, 3.63) is 33.8 Å². The quantitative estimate of drug-likeness (QED) is 0.813. The minimum atomic E-state index is -0.538. The van der Waals surface area contributed by atoms with Crippen LogP contribution in [-0.4, -0.2) is 11.2 Å². The zero-order chi connectivity index (χ0) is 13.0. The molecule has 1 aromatic rings. The number of hydrogen-bond acceptors (Lipinski definition) is 1. The van der Waals surface area contributed by atoms with Crippen molar-refractivity contribution >= 4 is 15.9 Å². The highest BCUT2D eigenvalue weighted by atomic mass is 79.9. The summed E-state index contributed by atoms with van der Waals surface area (Å²) in [4.78, 5) is 0. The number of rotatable bonds is 5. The predicted molar refractivity (Wildman–Crippen MR) is 67.8 cm³/mol. The van der Waals surface area contributed by atoms with Gasteiger partial charge in [0.05, 0.1) is 10.6 Å². The van der Waals surface area contributed by atoms with Crippen molar-refractivity contribution in [2.45, 2.75) is 39.2 Å². The molecule has 0 fully saturated rings. The SMILES string of the molecule is CC(C)C(O)CCCc1c(F)ccc(Br)c1F. The van der Waals surface area contributed by atoms with E-state index in [9.17, 15) is 13.9 Å². The Labute approximate surface area is 109 Å². The smallest absolute Gasteiger partial charge is 0.143 e. The zero-order valence-electron chi connectivity index (χ0n) is 10.0. The number of hydrogen-bond donors (Lipinski definition) is 1. The normalized spacial score (nSPS) is 13.1. The van der Waals surface area contributed by atoms with E-state index in [0.717, 1.165) is 0 Å². The van der Waals surface area contributed by atoms with Gasteiger partial charge in [0.1, 0.15) is 11.6 Å². The third kappa shape index (κ3) is 4.03. The van der Waals surface area contributed by atoms with Crippen LogP contribution < -0.4 is 0 Å². The molecule has 17 heavy (non-hydrogen) atoms. The van der Waals surface area contributed by atoms with E-state index < -0.39 is 17.7 Å². The summed E-state index contributed by atoms with van der Waals surface area (Å²) in [5, 5.41) is 9.60. The summed E-state index contributed by atoms with van der Waals surface area (Å²) in [5.41, 5.74) is 0.0929. The Morgan fingerprint density at radius 1 is 1.29 bits per heavy atom. The van der Waals surface area contributed by atoms with Crippen molar-refractivity contribution in [3.8, 4) is 0 Å². The molecule has 0 bridgehead atoms. The van der Waals surface area contributed by atoms with Gasteiger partial charge in [0, 0.05) is 5.56 Å². The van der Waals surface area contributed by atoms with Crippen molar-refractivity contribution < 1.29 is 13.9 Å². The second-order valence-corrected chi connectivity index (χ2v) is 5.38. The van der Waals surface area contributed by atoms with E-state index in [2.05, 4.69) is 15.9 Å². The molecule has 0 heterocycles. The van der Waals surface area contributed by atoms with Crippen LogP contribution in [0.5, 0.6) is 0 Å². The minimum Gasteiger partial charge on any atom is -0.393 e. The van der Waals surface area contributed by atoms with Crippen LogP contribution in [0.1, 0.15) is 32.3 Å². The maximum absolute atomic E-state index is 13.6. The second-order valence-electron chi connectivity index (χ2n) is 4.53. The molecule has 1 aromatic carbocycles. The molecule has 96 valence electrons. The van der Waals surface area contributed by atoms with Gasteiger partial charge in [-0.2, -0.15) is 0 Å². The van der Waals surface area contributed by atoms with Gasteiger partial charge < -0.3 is 5.11 Å². The summed E-state index contributed by atoms with van der Waals surface area (Å²) in [6.07, 6.45) is 1.03. The molecular formula is C13H17BrF2O. The molecule has 0 aliphatic rings. The molecule has 0 aromatic heterocycles. The summed E-state index contributed by atoms with van der Waals surface area (Å²) in [6, 6.07) is 2.61. The van der Waals surface area contributed by atoms with E-state index in [-0.39, 0.29) is 16.0 Å². The average molecular weight is 307 g/mol. The van der Waals surface area contributed by atoms with Crippen LogP contribution in [0.3, 0.4) is 0 Å². The Balaban J connectivity index is 2.61. The second kappa shape index (κ2) is 6.45. The fraction of sp³-hybridized carbons (Fsp3) is 0.538. The summed E-state index contributed by atoms with van der Waals surface area (Å²) >= 11 is 3.03. The zero-order valence-corrected chi connectivity index (χ0v) is 11.6. The van der Waals surface area contributed by atoms with Gasteiger partial charge in [-0.3, -0.25) is 0 Å². The lowest BCUT2D eigenvalue weighted by molar-refractivity contribution is 0.114. The van der Waals surface area contributed by atoms with E-state index >= 15 is 0 Å². The highest BCUT2D eigenvalue weighted by Gasteiger charge is 2.14. The van der Waals surface area contributed by atoms with Gasteiger partial charge in [0.2, 0.25) is 0 Å². The first-order valence-corrected chi connectivity index (χ1v) is 6.53. The Morgan fingerprint density at radius 3 is 2.53 bits per heavy atom. The van der Waals surface area contributed by atoms with Crippen LogP contribution in [0.15, 0.2) is 16.6 Å². The Bertz CT molecular complexity index is 380. The highest BCUT2D eigenvalue weighted by molar-refractivity contribution is 9.10. The van der Waals surface area contributed by atoms with Crippen LogP contribution in [0.2, 0.25) is 0 Å². The average Bonchev–Trinajstić information content (AvgIpc) is 2.28. The number of aliphatic hydroxyl groups excluding tert-OH is 1. The Hall–Kier alpha value is -0.480. The summed E-state index contributed by atoms with van der Waals surface area (Å²) < 4.78 is 27.3. The summed E-state index contributed by atoms with van der Waals surface area (Å²) in [6.45, 7) is 3.84. The molecule has 1 nitrogen and oxygen atoms in total. The molecule has 0 spiro atoms. The fourth-order valence-electron chi connectivity index (χ4n) is 1.62. The lowest BCUT2D eigenvalue weighted by Gasteiger charge is -2.14. The van der Waals surface area contributed by atoms with E-state index in [0.29, 0.717) is 19.3 Å². The van der Waals surface area contributed by atoms with Gasteiger partial charge in [-0.1, -0.05) is 13.8 Å². The predicted octanol–water partition coefficient (Wildman–Crippen LogP) is 4.07. The van der Waals surface area contributed by atoms with E-state index in [1.807, 2.05) is 13.8 Å². The topological polar surface area (TPSA) is 20.2 Å². The molecule has 1 rings (SSSR count). The summed E-state index contributed by atoms with van der Waals surface area (Å²) in [7, 11) is 0. The van der Waals surface area contributed by atoms with Crippen molar-refractivity contribution in [3.63, 3.8) is 0 Å². The molecule has 0 aliphatic heterocycles. The molecule has 0 saturated carbocycles. The highest BCUT2D eigenvalue weighted by Crippen LogP contribution is 2.23. The maximum Gasteiger partial charge on any atom is 0.143 e. The van der Waals surface area contributed by atoms with Gasteiger partial charge >= 0.3 is 0 Å². The van der Waals surface area contributed by atoms with E-state index in [1.54, 1.807) is 0 Å². The van der Waals surface area contributed by atoms with Gasteiger partial charge in [-0.15, -0.1) is 0 Å². The maximum atomic E-state index is 13.6. The largest absolute Gasteiger partial charge is 0.393 e. The van der Waals surface area contributed by atoms with Crippen molar-refractivity contribution in [2.24, 2.45) is 5.92 Å². The van der Waals surface area contributed by atoms with E-state index in [1.165, 1.54) is 12.1 Å². The minimum absolute atomic E-state index is 0.0929. The molecule has 0 aliphatic carbocycles. The van der Waals surface area contributed by atoms with Gasteiger partial charge in [-0.25, -0.2) is 8.78 Å². The van der Waals surface area contributed by atoms with Crippen molar-refractivity contribution in [1.82, 2.24) is 0 Å². The Morgan fingerprint density at radius 2 is 1.94 bits per heavy atom. The fourth-order valence-corrected chi connectivity index (χ4v) is 1.99. The lowest BCUT2D eigenvalue weighted by atomic mass is 9.99. The van der Waals surface area contributed by atoms with Crippen molar-refractivity contribution in [1.29, 1.82) is 0 Å². The molecular weight excluding hydrogens is 290 g/mol. The number of halogens is 3. The van der Waals surface area contributed by atoms with Crippen LogP contribution in [-0.2, 0) is 6.42 Å². The number of benzene rings is 1. The third-order valence-corrected chi connectivity index (χ3v) is 3.45. The van der Waals surface area contributed by atoms with Crippen LogP contribution in [0.25, 0.3) is 0 Å². The molecule has 1 atom stereocenters. The molecule has 0 amide bonds. The van der Waals surface area contributed by atoms with Crippen LogP contribution >= 0.6 is 15.9 Å². The molecule has 1 N–H and O–H groups in total. The number of aliphatic hydroxyl groups is 1. The standard InChI is InChI=1S/C13H17BrF2O/c1-8(2)12(17)5-3-4-9-11(15)7-6-10(14)13(9)16/h6-8,12,17H,3-5H2,1-2H3. The van der Waals surface area contributed by atoms with Crippen LogP contribution in [0, 0.1) is 17.6 Å². The monoisotopic (exact) mass is 306 g/mol. The Kier molecular flexibility index (Phi) is 5.53. The van der Waals surface area contributed by atoms with Gasteiger partial charge in [-0.05, 0) is 53.2 Å². The molecule has 1 unspecified atom stereocenters. The third-order valence-electron chi connectivity index (χ3n) is 2.84. The molecule has 4 heteroatoms. The summed E-state index contributed by atoms with van der Waals surface area (Å²) in [5.74, 6) is -0.888. The lowest BCUT2D eigenvalue weighted by Crippen LogP contribution is -2.14. The first-order valence-electron chi connectivity index (χ1n) is 5.74. The first-order chi connectivity index (χ1) is 7.93.